The average molecular weight is 434 g/mol. The number of ether oxygens (including phenoxy) is 1. The predicted molar refractivity (Wildman–Crippen MR) is 108 cm³/mol. The molecule has 0 bridgehead atoms. The Labute approximate surface area is 157 Å². The molecule has 0 saturated heterocycles. The van der Waals surface area contributed by atoms with Crippen LogP contribution in [0, 0.1) is 0 Å². The van der Waals surface area contributed by atoms with Gasteiger partial charge in [-0.2, -0.15) is 0 Å². The molecule has 1 aromatic carbocycles. The van der Waals surface area contributed by atoms with E-state index in [1.165, 1.54) is 5.56 Å². The molecule has 0 aliphatic rings. The van der Waals surface area contributed by atoms with Gasteiger partial charge >= 0.3 is 0 Å². The van der Waals surface area contributed by atoms with Crippen LogP contribution in [-0.2, 0) is 11.3 Å². The molecule has 3 N–H and O–H groups in total. The number of nitrogens with one attached hydrogen (secondary N) is 1. The highest BCUT2D eigenvalue weighted by Gasteiger charge is 2.09. The van der Waals surface area contributed by atoms with Gasteiger partial charge in [-0.1, -0.05) is 30.3 Å². The molecule has 0 radical (unpaired) electrons. The van der Waals surface area contributed by atoms with Gasteiger partial charge in [-0.05, 0) is 32.9 Å². The molecule has 0 amide bonds. The lowest BCUT2D eigenvalue weighted by Crippen LogP contribution is -2.41. The third-order valence-electron chi connectivity index (χ3n) is 3.67. The van der Waals surface area contributed by atoms with E-state index in [9.17, 15) is 0 Å². The van der Waals surface area contributed by atoms with Crippen LogP contribution in [0.2, 0.25) is 0 Å². The van der Waals surface area contributed by atoms with Gasteiger partial charge in [0.05, 0.1) is 6.61 Å². The maximum Gasteiger partial charge on any atom is 0.188 e. The summed E-state index contributed by atoms with van der Waals surface area (Å²) in [6, 6.07) is 11.1. The summed E-state index contributed by atoms with van der Waals surface area (Å²) in [7, 11) is 3.82. The molecule has 0 spiro atoms. The van der Waals surface area contributed by atoms with Crippen LogP contribution in [-0.4, -0.2) is 50.3 Å². The Kier molecular flexibility index (Phi) is 12.1. The molecule has 0 aliphatic carbocycles. The second-order valence-corrected chi connectivity index (χ2v) is 5.81. The van der Waals surface area contributed by atoms with Crippen LogP contribution >= 0.6 is 24.0 Å². The van der Waals surface area contributed by atoms with Gasteiger partial charge in [0.25, 0.3) is 0 Å². The number of benzene rings is 1. The van der Waals surface area contributed by atoms with Crippen LogP contribution in [0.5, 0.6) is 0 Å². The van der Waals surface area contributed by atoms with Crippen LogP contribution < -0.4 is 11.1 Å². The molecule has 1 aromatic rings. The highest BCUT2D eigenvalue weighted by atomic mass is 127. The predicted octanol–water partition coefficient (Wildman–Crippen LogP) is 2.45. The molecule has 23 heavy (non-hydrogen) atoms. The molecule has 6 heteroatoms. The summed E-state index contributed by atoms with van der Waals surface area (Å²) in [5, 5.41) is 3.11. The fourth-order valence-corrected chi connectivity index (χ4v) is 2.21. The number of guanidine groups is 1. The van der Waals surface area contributed by atoms with Gasteiger partial charge < -0.3 is 15.8 Å². The first-order valence-corrected chi connectivity index (χ1v) is 7.82. The van der Waals surface area contributed by atoms with Crippen molar-refractivity contribution in [1.82, 2.24) is 10.2 Å². The van der Waals surface area contributed by atoms with E-state index in [-0.39, 0.29) is 30.0 Å². The minimum absolute atomic E-state index is 0. The first-order chi connectivity index (χ1) is 10.5. The van der Waals surface area contributed by atoms with Crippen LogP contribution in [0.15, 0.2) is 35.3 Å². The maximum absolute atomic E-state index is 5.86. The molecular weight excluding hydrogens is 403 g/mol. The lowest BCUT2D eigenvalue weighted by molar-refractivity contribution is 0.179. The van der Waals surface area contributed by atoms with Crippen molar-refractivity contribution in [2.75, 3.05) is 27.3 Å². The maximum atomic E-state index is 5.86. The van der Waals surface area contributed by atoms with Gasteiger partial charge in [-0.25, -0.2) is 0 Å². The second kappa shape index (κ2) is 12.5. The quantitative estimate of drug-likeness (QED) is 0.356. The number of halogens is 1. The second-order valence-electron chi connectivity index (χ2n) is 5.81. The summed E-state index contributed by atoms with van der Waals surface area (Å²) < 4.78 is 5.06. The molecule has 0 heterocycles. The highest BCUT2D eigenvalue weighted by Crippen LogP contribution is 2.08. The third-order valence-corrected chi connectivity index (χ3v) is 3.67. The summed E-state index contributed by atoms with van der Waals surface area (Å²) >= 11 is 0. The number of hydrogen-bond acceptors (Lipinski definition) is 3. The average Bonchev–Trinajstić information content (AvgIpc) is 2.48. The van der Waals surface area contributed by atoms with Crippen LogP contribution in [0.4, 0.5) is 0 Å². The van der Waals surface area contributed by atoms with E-state index in [1.807, 2.05) is 13.0 Å². The topological polar surface area (TPSA) is 62.9 Å². The number of methoxy groups -OCH3 is 1. The van der Waals surface area contributed by atoms with Crippen molar-refractivity contribution >= 4 is 29.9 Å². The first kappa shape index (κ1) is 22.1. The minimum atomic E-state index is 0. The van der Waals surface area contributed by atoms with Crippen molar-refractivity contribution in [3.8, 4) is 0 Å². The molecular formula is C17H31IN4O. The molecule has 2 unspecified atom stereocenters. The molecule has 0 aliphatic heterocycles. The number of aliphatic imine (C=N–C) groups is 1. The zero-order chi connectivity index (χ0) is 16.4. The van der Waals surface area contributed by atoms with Gasteiger partial charge in [0, 0.05) is 32.3 Å². The highest BCUT2D eigenvalue weighted by molar-refractivity contribution is 14.0. The normalized spacial score (nSPS) is 14.2. The van der Waals surface area contributed by atoms with Gasteiger partial charge in [0.2, 0.25) is 0 Å². The summed E-state index contributed by atoms with van der Waals surface area (Å²) in [4.78, 5) is 6.71. The van der Waals surface area contributed by atoms with Crippen molar-refractivity contribution in [2.24, 2.45) is 10.7 Å². The van der Waals surface area contributed by atoms with Crippen molar-refractivity contribution < 1.29 is 4.74 Å². The van der Waals surface area contributed by atoms with E-state index in [1.54, 1.807) is 7.11 Å². The summed E-state index contributed by atoms with van der Waals surface area (Å²) in [5.41, 5.74) is 7.19. The van der Waals surface area contributed by atoms with E-state index in [4.69, 9.17) is 10.5 Å². The first-order valence-electron chi connectivity index (χ1n) is 7.82. The van der Waals surface area contributed by atoms with Crippen molar-refractivity contribution in [1.29, 1.82) is 0 Å². The lowest BCUT2D eigenvalue weighted by Gasteiger charge is -2.24. The Bertz CT molecular complexity index is 441. The minimum Gasteiger partial charge on any atom is -0.383 e. The Morgan fingerprint density at radius 3 is 2.57 bits per heavy atom. The number of nitrogens with zero attached hydrogens (tertiary/aromatic N) is 2. The number of hydrogen-bond donors (Lipinski definition) is 2. The van der Waals surface area contributed by atoms with E-state index < -0.39 is 0 Å². The fourth-order valence-electron chi connectivity index (χ4n) is 2.21. The Morgan fingerprint density at radius 2 is 1.96 bits per heavy atom. The van der Waals surface area contributed by atoms with Gasteiger partial charge in [0.15, 0.2) is 5.96 Å². The zero-order valence-electron chi connectivity index (χ0n) is 14.7. The number of rotatable bonds is 9. The van der Waals surface area contributed by atoms with Gasteiger partial charge in [-0.3, -0.25) is 9.89 Å². The van der Waals surface area contributed by atoms with Crippen molar-refractivity contribution in [3.63, 3.8) is 0 Å². The van der Waals surface area contributed by atoms with Crippen LogP contribution in [0.3, 0.4) is 0 Å². The van der Waals surface area contributed by atoms with E-state index in [0.29, 0.717) is 18.6 Å². The van der Waals surface area contributed by atoms with Crippen molar-refractivity contribution in [3.05, 3.63) is 35.9 Å². The van der Waals surface area contributed by atoms with E-state index in [0.717, 1.165) is 19.5 Å². The van der Waals surface area contributed by atoms with E-state index >= 15 is 0 Å². The fraction of sp³-hybridized carbons (Fsp3) is 0.588. The van der Waals surface area contributed by atoms with E-state index in [2.05, 4.69) is 53.4 Å². The summed E-state index contributed by atoms with van der Waals surface area (Å²) in [5.74, 6) is 0.488. The van der Waals surface area contributed by atoms with Crippen molar-refractivity contribution in [2.45, 2.75) is 38.9 Å². The monoisotopic (exact) mass is 434 g/mol. The van der Waals surface area contributed by atoms with Crippen LogP contribution in [0.25, 0.3) is 0 Å². The Balaban J connectivity index is 0.00000484. The Morgan fingerprint density at radius 1 is 1.30 bits per heavy atom. The summed E-state index contributed by atoms with van der Waals surface area (Å²) in [6.07, 6.45) is 0.977. The molecule has 1 rings (SSSR count). The molecule has 132 valence electrons. The smallest absolute Gasteiger partial charge is 0.188 e. The Hall–Kier alpha value is -0.860. The van der Waals surface area contributed by atoms with Gasteiger partial charge in [-0.15, -0.1) is 24.0 Å². The SMILES string of the molecule is COCC(C)NC(N)=NCCC(C)N(C)Cc1ccccc1.I. The van der Waals surface area contributed by atoms with Crippen LogP contribution in [0.1, 0.15) is 25.8 Å². The molecule has 2 atom stereocenters. The number of nitrogens with two attached hydrogens (primary N) is 1. The summed E-state index contributed by atoms with van der Waals surface area (Å²) in [6.45, 7) is 6.52. The third kappa shape index (κ3) is 9.78. The molecule has 5 nitrogen and oxygen atoms in total. The zero-order valence-corrected chi connectivity index (χ0v) is 17.0. The standard InChI is InChI=1S/C17H30N4O.HI/c1-14(13-22-4)20-17(18)19-11-10-15(2)21(3)12-16-8-6-5-7-9-16;/h5-9,14-15H,10-13H2,1-4H3,(H3,18,19,20);1H. The van der Waals surface area contributed by atoms with Gasteiger partial charge in [0.1, 0.15) is 0 Å². The largest absolute Gasteiger partial charge is 0.383 e. The molecule has 0 aromatic heterocycles. The molecule has 0 fully saturated rings. The lowest BCUT2D eigenvalue weighted by atomic mass is 10.1. The molecule has 0 saturated carbocycles.